The Morgan fingerprint density at radius 3 is 2.24 bits per heavy atom. The molecule has 4 aromatic rings. The molecule has 30 heteroatoms. The van der Waals surface area contributed by atoms with Crippen molar-refractivity contribution in [2.45, 2.75) is 36.9 Å². The maximum absolute atomic E-state index is 12.5. The van der Waals surface area contributed by atoms with Crippen molar-refractivity contribution in [1.82, 2.24) is 34.1 Å². The lowest BCUT2D eigenvalue weighted by molar-refractivity contribution is -0.646. The van der Waals surface area contributed by atoms with Crippen LogP contribution in [0.5, 0.6) is 0 Å². The molecule has 0 spiro atoms. The summed E-state index contributed by atoms with van der Waals surface area (Å²) in [4.78, 5) is 71.0. The molecule has 6 heterocycles. The van der Waals surface area contributed by atoms with E-state index in [9.17, 15) is 48.2 Å². The summed E-state index contributed by atoms with van der Waals surface area (Å²) in [7, 11) is -15.4. The van der Waals surface area contributed by atoms with Gasteiger partial charge in [-0.05, 0) is 0 Å². The van der Waals surface area contributed by atoms with Gasteiger partial charge in [0.25, 0.3) is 16.7 Å². The largest absolute Gasteiger partial charge is 0.490 e. The molecule has 280 valence electrons. The molecule has 9 atom stereocenters. The first-order valence-electron chi connectivity index (χ1n) is 14.3. The maximum atomic E-state index is 12.5. The monoisotopic (exact) mass is 803 g/mol. The Bertz CT molecular complexity index is 2230. The Kier molecular flexibility index (Phi) is 10.4. The molecule has 4 aromatic heterocycles. The molecule has 51 heavy (non-hydrogen) atoms. The van der Waals surface area contributed by atoms with Crippen molar-refractivity contribution in [2.24, 2.45) is 7.05 Å². The Hall–Kier alpha value is -3.10. The van der Waals surface area contributed by atoms with Gasteiger partial charge < -0.3 is 45.8 Å². The van der Waals surface area contributed by atoms with Gasteiger partial charge in [-0.2, -0.15) is 34.9 Å². The van der Waals surface area contributed by atoms with Crippen LogP contribution in [0.1, 0.15) is 12.5 Å². The average molecular weight is 804 g/mol. The van der Waals surface area contributed by atoms with E-state index in [4.69, 9.17) is 25.5 Å². The highest BCUT2D eigenvalue weighted by Gasteiger charge is 2.47. The molecule has 0 bridgehead atoms. The van der Waals surface area contributed by atoms with Crippen LogP contribution < -0.4 is 27.2 Å². The van der Waals surface area contributed by atoms with Crippen molar-refractivity contribution in [2.75, 3.05) is 36.2 Å². The van der Waals surface area contributed by atoms with Crippen LogP contribution in [0, 0.1) is 0 Å². The highest BCUT2D eigenvalue weighted by atomic mass is 32.2. The number of aryl methyl sites for hydroxylation is 1. The van der Waals surface area contributed by atoms with Gasteiger partial charge in [-0.15, -0.1) is 0 Å². The van der Waals surface area contributed by atoms with E-state index in [2.05, 4.69) is 38.1 Å². The normalized spacial score (nSPS) is 27.7. The summed E-state index contributed by atoms with van der Waals surface area (Å²) < 4.78 is 70.6. The molecule has 2 saturated heterocycles. The second-order valence-electron chi connectivity index (χ2n) is 11.0. The van der Waals surface area contributed by atoms with Crippen LogP contribution in [0.25, 0.3) is 22.3 Å². The molecular formula is C21H30N10O16P3S+. The van der Waals surface area contributed by atoms with Crippen molar-refractivity contribution in [3.63, 3.8) is 0 Å². The van der Waals surface area contributed by atoms with E-state index >= 15 is 0 Å². The lowest BCUT2D eigenvalue weighted by atomic mass is 10.1. The first kappa shape index (κ1) is 37.7. The Labute approximate surface area is 287 Å². The molecule has 2 fully saturated rings. The Morgan fingerprint density at radius 1 is 0.922 bits per heavy atom. The van der Waals surface area contributed by atoms with Crippen molar-refractivity contribution in [3.05, 3.63) is 33.4 Å². The van der Waals surface area contributed by atoms with Gasteiger partial charge in [0.15, 0.2) is 17.4 Å². The van der Waals surface area contributed by atoms with Gasteiger partial charge in [0.2, 0.25) is 24.5 Å². The quantitative estimate of drug-likeness (QED) is 0.0526. The summed E-state index contributed by atoms with van der Waals surface area (Å²) in [6.07, 6.45) is -5.61. The van der Waals surface area contributed by atoms with Crippen LogP contribution in [0.3, 0.4) is 0 Å². The molecule has 3 unspecified atom stereocenters. The third kappa shape index (κ3) is 8.12. The van der Waals surface area contributed by atoms with Crippen LogP contribution >= 0.6 is 35.2 Å². The van der Waals surface area contributed by atoms with Crippen molar-refractivity contribution in [3.8, 4) is 0 Å². The van der Waals surface area contributed by atoms with Gasteiger partial charge >= 0.3 is 29.0 Å². The maximum Gasteiger partial charge on any atom is 0.490 e. The zero-order valence-electron chi connectivity index (χ0n) is 25.8. The van der Waals surface area contributed by atoms with E-state index in [1.807, 2.05) is 0 Å². The summed E-state index contributed by atoms with van der Waals surface area (Å²) in [5.41, 5.74) is 10.1. The number of aromatic amines is 2. The number of fused-ring (bicyclic) bond motifs is 2. The molecule has 26 nitrogen and oxygen atoms in total. The number of imidazole rings is 2. The number of hydrogen-bond donors (Lipinski definition) is 9. The van der Waals surface area contributed by atoms with Crippen LogP contribution in [-0.2, 0) is 47.9 Å². The van der Waals surface area contributed by atoms with Gasteiger partial charge in [0, 0.05) is 5.75 Å². The van der Waals surface area contributed by atoms with Crippen LogP contribution in [-0.4, -0.2) is 108 Å². The van der Waals surface area contributed by atoms with Crippen molar-refractivity contribution < 1.29 is 70.3 Å². The van der Waals surface area contributed by atoms with Gasteiger partial charge in [0.1, 0.15) is 18.3 Å². The number of aromatic nitrogens is 8. The molecule has 0 aliphatic carbocycles. The summed E-state index contributed by atoms with van der Waals surface area (Å²) in [5, 5.41) is 21.0. The van der Waals surface area contributed by atoms with E-state index in [-0.39, 0.29) is 40.0 Å². The Balaban J connectivity index is 1.03. The number of phosphoric acid groups is 3. The van der Waals surface area contributed by atoms with Crippen LogP contribution in [0.2, 0.25) is 0 Å². The third-order valence-electron chi connectivity index (χ3n) is 7.31. The number of anilines is 2. The highest BCUT2D eigenvalue weighted by Crippen LogP contribution is 2.67. The minimum Gasteiger partial charge on any atom is -0.387 e. The minimum atomic E-state index is -5.88. The van der Waals surface area contributed by atoms with E-state index in [0.29, 0.717) is 5.75 Å². The highest BCUT2D eigenvalue weighted by molar-refractivity contribution is 7.99. The van der Waals surface area contributed by atoms with E-state index in [0.717, 1.165) is 10.9 Å². The summed E-state index contributed by atoms with van der Waals surface area (Å²) >= 11 is 1.34. The number of thioether (sulfide) groups is 1. The molecule has 2 aliphatic heterocycles. The fourth-order valence-corrected chi connectivity index (χ4v) is 9.76. The fourth-order valence-electron chi connectivity index (χ4n) is 5.21. The number of phosphoric ester groups is 2. The predicted octanol–water partition coefficient (Wildman–Crippen LogP) is -2.54. The number of hydrogen-bond acceptors (Lipinski definition) is 19. The number of ether oxygens (including phenoxy) is 2. The minimum absolute atomic E-state index is 0.128. The van der Waals surface area contributed by atoms with Crippen molar-refractivity contribution in [1.29, 1.82) is 0 Å². The van der Waals surface area contributed by atoms with Crippen LogP contribution in [0.4, 0.5) is 11.9 Å². The van der Waals surface area contributed by atoms with Gasteiger partial charge in [-0.25, -0.2) is 23.2 Å². The molecule has 6 rings (SSSR count). The predicted molar refractivity (Wildman–Crippen MR) is 169 cm³/mol. The lowest BCUT2D eigenvalue weighted by Gasteiger charge is -2.28. The second-order valence-corrected chi connectivity index (χ2v) is 16.7. The molecule has 0 radical (unpaired) electrons. The molecule has 11 N–H and O–H groups in total. The standard InChI is InChI=1S/C21H29N10O16P3S/c1-29-7-31(16-12(29)18(35)28-21(23)26-16)10-5-51-4-8(44-10)2-42-48(36,37)46-50(40,41)47-49(38,39)43-3-9-13(32)14(33)19(45-9)30-6-24-11-15(30)25-20(22)27-17(11)34/h6-10,13-14,19,32-33H,2-5H2,1H3,(H8-,22,23,25,26,27,28,34,35,36,37,38,39,40,41)/p+1/t8-,9-,10-,13-,14-,19-/m1/s1. The van der Waals surface area contributed by atoms with E-state index in [1.54, 1.807) is 7.05 Å². The number of aliphatic hydroxyl groups is 2. The van der Waals surface area contributed by atoms with Crippen LogP contribution in [0.15, 0.2) is 22.2 Å². The number of aliphatic hydroxyl groups excluding tert-OH is 2. The van der Waals surface area contributed by atoms with E-state index < -0.39 is 84.7 Å². The van der Waals surface area contributed by atoms with Gasteiger partial charge in [-0.1, -0.05) is 0 Å². The number of rotatable bonds is 12. The summed E-state index contributed by atoms with van der Waals surface area (Å²) in [6.45, 7) is -1.71. The lowest BCUT2D eigenvalue weighted by Crippen LogP contribution is -2.34. The Morgan fingerprint density at radius 2 is 1.55 bits per heavy atom. The first-order chi connectivity index (χ1) is 23.8. The van der Waals surface area contributed by atoms with Gasteiger partial charge in [0.05, 0.1) is 38.4 Å². The third-order valence-corrected chi connectivity index (χ3v) is 12.7. The average Bonchev–Trinajstić information content (AvgIpc) is 3.67. The number of nitrogens with one attached hydrogen (secondary N) is 2. The van der Waals surface area contributed by atoms with Crippen molar-refractivity contribution >= 4 is 69.5 Å². The second kappa shape index (κ2) is 14.0. The SMILES string of the molecule is C[n+]1cn([C@H]2CSC[C@@H](COP(=O)(O)OP(=O)(O)OP(=O)(O)OC[C@H]3O[C@@H](n4cnc5c(=O)[nH]c(N)nc54)[C@H](O)[C@@H]3O)O2)c2nc(N)[nH]c(=O)c21. The molecule has 0 aromatic carbocycles. The first-order valence-corrected chi connectivity index (χ1v) is 19.9. The molecule has 0 saturated carbocycles. The summed E-state index contributed by atoms with van der Waals surface area (Å²) in [5.74, 6) is 0.172. The topological polar surface area (TPSA) is 378 Å². The van der Waals surface area contributed by atoms with Gasteiger partial charge in [-0.3, -0.25) is 33.2 Å². The molecule has 0 amide bonds. The smallest absolute Gasteiger partial charge is 0.387 e. The molecule has 2 aliphatic rings. The van der Waals surface area contributed by atoms with E-state index in [1.165, 1.54) is 27.2 Å². The molecular weight excluding hydrogens is 773 g/mol. The number of H-pyrrole nitrogens is 2. The number of nitrogens with two attached hydrogens (primary N) is 2. The zero-order chi connectivity index (χ0) is 37.0. The number of nitrogen functional groups attached to an aromatic ring is 2. The zero-order valence-corrected chi connectivity index (χ0v) is 29.3. The summed E-state index contributed by atoms with van der Waals surface area (Å²) in [6, 6.07) is 0. The fraction of sp³-hybridized carbons (Fsp3) is 0.524. The number of nitrogens with zero attached hydrogens (tertiary/aromatic N) is 6.